The third-order valence-corrected chi connectivity index (χ3v) is 10.8. The van der Waals surface area contributed by atoms with Crippen LogP contribution in [0.1, 0.15) is 46.6 Å². The Kier molecular flexibility index (Phi) is 9.06. The number of β-lactam (4-membered cyclic amide) rings is 1. The summed E-state index contributed by atoms with van der Waals surface area (Å²) in [6, 6.07) is 5.68. The van der Waals surface area contributed by atoms with E-state index in [1.807, 2.05) is 34.6 Å². The molecule has 0 bridgehead atoms. The number of rotatable bonds is 11. The van der Waals surface area contributed by atoms with Gasteiger partial charge < -0.3 is 14.9 Å². The van der Waals surface area contributed by atoms with E-state index in [1.165, 1.54) is 52.7 Å². The number of nitrogens with two attached hydrogens (primary N) is 1. The number of carbonyl (C=O) groups excluding carboxylic acids is 3. The van der Waals surface area contributed by atoms with Crippen molar-refractivity contribution >= 4 is 56.0 Å². The van der Waals surface area contributed by atoms with E-state index in [4.69, 9.17) is 14.9 Å². The van der Waals surface area contributed by atoms with Gasteiger partial charge in [0.05, 0.1) is 25.9 Å². The van der Waals surface area contributed by atoms with Gasteiger partial charge in [-0.1, -0.05) is 39.5 Å². The molecular formula is C25H35N3O7S2Si. The summed E-state index contributed by atoms with van der Waals surface area (Å²) < 4.78 is 12.6. The van der Waals surface area contributed by atoms with Gasteiger partial charge in [0, 0.05) is 12.1 Å². The maximum absolute atomic E-state index is 13.7. The predicted octanol–water partition coefficient (Wildman–Crippen LogP) is 4.14. The molecule has 1 aromatic carbocycles. The minimum absolute atomic E-state index is 0.0700. The number of nitro groups is 1. The molecule has 10 nitrogen and oxygen atoms in total. The molecule has 3 unspecified atom stereocenters. The van der Waals surface area contributed by atoms with Gasteiger partial charge in [-0.15, -0.1) is 11.8 Å². The Labute approximate surface area is 232 Å². The molecule has 1 fully saturated rings. The lowest BCUT2D eigenvalue weighted by Gasteiger charge is -2.56. The minimum Gasteiger partial charge on any atom is -0.456 e. The Morgan fingerprint density at radius 2 is 1.84 bits per heavy atom. The summed E-state index contributed by atoms with van der Waals surface area (Å²) >= 11 is 2.54. The van der Waals surface area contributed by atoms with Crippen molar-refractivity contribution in [2.45, 2.75) is 77.0 Å². The fraction of sp³-hybridized carbons (Fsp3) is 0.560. The number of non-ortho nitro benzene ring substituents is 1. The summed E-state index contributed by atoms with van der Waals surface area (Å²) in [5.74, 6) is -1.93. The number of fused-ring (bicyclic) bond motifs is 1. The van der Waals surface area contributed by atoms with Crippen molar-refractivity contribution in [3.63, 3.8) is 0 Å². The van der Waals surface area contributed by atoms with Crippen LogP contribution in [0.25, 0.3) is 0 Å². The topological polar surface area (TPSA) is 142 Å². The second-order valence-corrected chi connectivity index (χ2v) is 15.7. The number of benzene rings is 1. The first-order valence-corrected chi connectivity index (χ1v) is 16.9. The lowest BCUT2D eigenvalue weighted by molar-refractivity contribution is -0.384. The Bertz CT molecular complexity index is 1150. The van der Waals surface area contributed by atoms with E-state index in [-0.39, 0.29) is 34.7 Å². The van der Waals surface area contributed by atoms with Crippen LogP contribution in [0.2, 0.25) is 13.1 Å². The molecule has 1 saturated heterocycles. The van der Waals surface area contributed by atoms with E-state index in [9.17, 15) is 24.5 Å². The summed E-state index contributed by atoms with van der Waals surface area (Å²) in [5, 5.41) is 9.95. The van der Waals surface area contributed by atoms with Crippen LogP contribution in [0.5, 0.6) is 0 Å². The number of ether oxygens (including phenoxy) is 1. The average Bonchev–Trinajstić information content (AvgIpc) is 3.13. The van der Waals surface area contributed by atoms with Crippen LogP contribution >= 0.6 is 23.5 Å². The van der Waals surface area contributed by atoms with Crippen LogP contribution in [0.3, 0.4) is 0 Å². The Morgan fingerprint density at radius 1 is 1.24 bits per heavy atom. The van der Waals surface area contributed by atoms with Crippen molar-refractivity contribution in [3.8, 4) is 0 Å². The van der Waals surface area contributed by atoms with Crippen molar-refractivity contribution in [3.05, 3.63) is 49.9 Å². The summed E-state index contributed by atoms with van der Waals surface area (Å²) in [7, 11) is -1.54. The van der Waals surface area contributed by atoms with Gasteiger partial charge in [-0.2, -0.15) is 0 Å². The van der Waals surface area contributed by atoms with Crippen LogP contribution in [0, 0.1) is 21.4 Å². The van der Waals surface area contributed by atoms with Gasteiger partial charge >= 0.3 is 5.97 Å². The van der Waals surface area contributed by atoms with E-state index in [1.54, 1.807) is 0 Å². The van der Waals surface area contributed by atoms with E-state index >= 15 is 0 Å². The molecular weight excluding hydrogens is 547 g/mol. The lowest BCUT2D eigenvalue weighted by Crippen LogP contribution is -2.69. The molecule has 3 rings (SSSR count). The molecule has 4 atom stereocenters. The van der Waals surface area contributed by atoms with Crippen LogP contribution in [-0.2, 0) is 30.2 Å². The lowest BCUT2D eigenvalue weighted by atomic mass is 9.66. The normalized spacial score (nSPS) is 21.6. The molecule has 2 amide bonds. The number of primary amides is 1. The van der Waals surface area contributed by atoms with Crippen molar-refractivity contribution in [1.29, 1.82) is 0 Å². The molecule has 0 saturated carbocycles. The van der Waals surface area contributed by atoms with Crippen LogP contribution < -0.4 is 5.73 Å². The van der Waals surface area contributed by atoms with Crippen molar-refractivity contribution in [2.24, 2.45) is 17.1 Å². The Morgan fingerprint density at radius 3 is 2.32 bits per heavy atom. The Balaban J connectivity index is 1.90. The summed E-state index contributed by atoms with van der Waals surface area (Å²) in [6.45, 7) is 13.9. The summed E-state index contributed by atoms with van der Waals surface area (Å²) in [5.41, 5.74) is 5.06. The van der Waals surface area contributed by atoms with Crippen LogP contribution in [0.4, 0.5) is 5.69 Å². The zero-order valence-corrected chi connectivity index (χ0v) is 25.5. The molecule has 208 valence electrons. The molecule has 38 heavy (non-hydrogen) atoms. The number of thioether (sulfide) groups is 2. The molecule has 0 aliphatic carbocycles. The summed E-state index contributed by atoms with van der Waals surface area (Å²) in [6.07, 6.45) is 0.457. The number of amides is 2. The van der Waals surface area contributed by atoms with Gasteiger partial charge in [-0.3, -0.25) is 24.6 Å². The van der Waals surface area contributed by atoms with Gasteiger partial charge in [-0.25, -0.2) is 4.79 Å². The number of nitrogens with zero attached hydrogens (tertiary/aromatic N) is 2. The second kappa shape index (κ2) is 11.4. The zero-order valence-electron chi connectivity index (χ0n) is 22.7. The van der Waals surface area contributed by atoms with E-state index in [0.29, 0.717) is 16.2 Å². The van der Waals surface area contributed by atoms with Crippen molar-refractivity contribution < 1.29 is 28.5 Å². The van der Waals surface area contributed by atoms with Gasteiger partial charge in [0.1, 0.15) is 12.0 Å². The highest BCUT2D eigenvalue weighted by molar-refractivity contribution is 8.23. The molecule has 13 heteroatoms. The minimum atomic E-state index is -1.54. The molecule has 0 spiro atoms. The van der Waals surface area contributed by atoms with Crippen molar-refractivity contribution in [1.82, 2.24) is 4.90 Å². The van der Waals surface area contributed by atoms with E-state index in [2.05, 4.69) is 13.1 Å². The van der Waals surface area contributed by atoms with Gasteiger partial charge in [-0.05, 0) is 49.5 Å². The van der Waals surface area contributed by atoms with Crippen LogP contribution in [-0.4, -0.2) is 52.9 Å². The average molecular weight is 582 g/mol. The zero-order chi connectivity index (χ0) is 28.6. The van der Waals surface area contributed by atoms with Gasteiger partial charge in [0.2, 0.25) is 11.8 Å². The number of esters is 1. The number of hydrogen-bond acceptors (Lipinski definition) is 9. The third-order valence-electron chi connectivity index (χ3n) is 6.92. The molecule has 0 aromatic heterocycles. The number of carbonyl (C=O) groups is 3. The first kappa shape index (κ1) is 30.2. The first-order valence-electron chi connectivity index (χ1n) is 12.4. The van der Waals surface area contributed by atoms with Crippen LogP contribution in [0.15, 0.2) is 34.2 Å². The molecule has 1 aromatic rings. The molecule has 0 radical (unpaired) electrons. The maximum atomic E-state index is 13.7. The highest BCUT2D eigenvalue weighted by Crippen LogP contribution is 2.59. The largest absolute Gasteiger partial charge is 0.456 e. The van der Waals surface area contributed by atoms with E-state index in [0.717, 1.165) is 0 Å². The SMILES string of the molecule is CCC(SC1=C(C(=O)OCc2ccc([N+](=O)[O-])cc2)N2C(=O)C(C(C)(O[SiH](C)C)C(C)(C)C)[C@H]2S1)C(N)=O. The molecule has 2 heterocycles. The number of nitro benzene ring substituents is 1. The molecule has 2 aliphatic heterocycles. The fourth-order valence-corrected chi connectivity index (χ4v) is 8.99. The molecule has 2 N–H and O–H groups in total. The standard InChI is InChI=1S/C25H35N3O7S2Si/c1-8-16(19(26)29)36-23-18(22(31)34-13-14-9-11-15(12-10-14)28(32)33)27-20(30)17(21(27)37-23)25(5,24(2,3)4)35-38(6)7/h9-12,16-17,21,38H,8,13H2,1-7H3,(H2,26,29)/t16?,17?,21-,25?/m1/s1. The van der Waals surface area contributed by atoms with Gasteiger partial charge in [0.25, 0.3) is 5.69 Å². The summed E-state index contributed by atoms with van der Waals surface area (Å²) in [4.78, 5) is 50.9. The second-order valence-electron chi connectivity index (χ2n) is 10.8. The predicted molar refractivity (Wildman–Crippen MR) is 150 cm³/mol. The van der Waals surface area contributed by atoms with Gasteiger partial charge in [0.15, 0.2) is 14.7 Å². The smallest absolute Gasteiger partial charge is 0.357 e. The Hall–Kier alpha value is -2.35. The quantitative estimate of drug-likeness (QED) is 0.134. The maximum Gasteiger partial charge on any atom is 0.357 e. The fourth-order valence-electron chi connectivity index (χ4n) is 4.47. The highest BCUT2D eigenvalue weighted by Gasteiger charge is 2.65. The number of hydrogen-bond donors (Lipinski definition) is 1. The highest BCUT2D eigenvalue weighted by atomic mass is 32.2. The monoisotopic (exact) mass is 581 g/mol. The first-order chi connectivity index (χ1) is 17.6. The van der Waals surface area contributed by atoms with E-state index < -0.39 is 42.6 Å². The van der Waals surface area contributed by atoms with Crippen molar-refractivity contribution in [2.75, 3.05) is 0 Å². The molecule has 2 aliphatic rings. The third kappa shape index (κ3) is 5.80.